The van der Waals surface area contributed by atoms with Crippen LogP contribution in [0.4, 0.5) is 5.82 Å². The number of rotatable bonds is 2. The van der Waals surface area contributed by atoms with E-state index in [4.69, 9.17) is 16.6 Å². The van der Waals surface area contributed by atoms with E-state index in [-0.39, 0.29) is 0 Å². The number of aromatic nitrogens is 2. The molecule has 0 saturated carbocycles. The first-order valence-corrected chi connectivity index (χ1v) is 7.89. The van der Waals surface area contributed by atoms with Crippen molar-refractivity contribution in [2.45, 2.75) is 25.7 Å². The van der Waals surface area contributed by atoms with Crippen LogP contribution in [0, 0.1) is 0 Å². The Morgan fingerprint density at radius 2 is 2.00 bits per heavy atom. The maximum atomic E-state index is 6.31. The molecule has 3 rings (SSSR count). The maximum Gasteiger partial charge on any atom is 0.163 e. The highest BCUT2D eigenvalue weighted by atomic mass is 79.9. The van der Waals surface area contributed by atoms with E-state index >= 15 is 0 Å². The maximum absolute atomic E-state index is 6.31. The van der Waals surface area contributed by atoms with Gasteiger partial charge in [-0.3, -0.25) is 0 Å². The fourth-order valence-electron chi connectivity index (χ4n) is 2.59. The average Bonchev–Trinajstić information content (AvgIpc) is 2.46. The first kappa shape index (κ1) is 13.8. The number of nitrogens with one attached hydrogen (secondary N) is 1. The molecule has 1 aliphatic rings. The van der Waals surface area contributed by atoms with Gasteiger partial charge >= 0.3 is 0 Å². The van der Waals surface area contributed by atoms with Crippen molar-refractivity contribution < 1.29 is 0 Å². The molecule has 3 nitrogen and oxygen atoms in total. The van der Waals surface area contributed by atoms with Crippen molar-refractivity contribution in [1.29, 1.82) is 0 Å². The van der Waals surface area contributed by atoms with E-state index in [1.54, 1.807) is 0 Å². The van der Waals surface area contributed by atoms with Gasteiger partial charge in [0.25, 0.3) is 0 Å². The summed E-state index contributed by atoms with van der Waals surface area (Å²) in [5, 5.41) is 3.86. The first-order chi connectivity index (χ1) is 9.69. The monoisotopic (exact) mass is 351 g/mol. The first-order valence-electron chi connectivity index (χ1n) is 6.72. The van der Waals surface area contributed by atoms with Crippen LogP contribution >= 0.6 is 27.5 Å². The lowest BCUT2D eigenvalue weighted by Gasteiger charge is -2.19. The van der Waals surface area contributed by atoms with Gasteiger partial charge in [0.15, 0.2) is 5.82 Å². The summed E-state index contributed by atoms with van der Waals surface area (Å²) >= 11 is 9.73. The normalized spacial score (nSPS) is 13.9. The molecule has 1 N–H and O–H groups in total. The number of fused-ring (bicyclic) bond motifs is 1. The Hall–Kier alpha value is -1.13. The van der Waals surface area contributed by atoms with E-state index in [1.165, 1.54) is 18.4 Å². The molecule has 104 valence electrons. The second-order valence-electron chi connectivity index (χ2n) is 4.90. The molecule has 0 radical (unpaired) electrons. The lowest BCUT2D eigenvalue weighted by Crippen LogP contribution is -2.12. The molecule has 1 aliphatic carbocycles. The molecule has 0 fully saturated rings. The molecule has 0 amide bonds. The van der Waals surface area contributed by atoms with Gasteiger partial charge in [-0.1, -0.05) is 27.5 Å². The lowest BCUT2D eigenvalue weighted by atomic mass is 9.96. The molecular weight excluding hydrogens is 338 g/mol. The highest BCUT2D eigenvalue weighted by molar-refractivity contribution is 9.10. The fourth-order valence-corrected chi connectivity index (χ4v) is 3.35. The van der Waals surface area contributed by atoms with E-state index < -0.39 is 0 Å². The number of nitrogens with zero attached hydrogens (tertiary/aromatic N) is 2. The summed E-state index contributed by atoms with van der Waals surface area (Å²) in [5.74, 6) is 1.64. The van der Waals surface area contributed by atoms with Crippen molar-refractivity contribution >= 4 is 33.3 Å². The van der Waals surface area contributed by atoms with Crippen molar-refractivity contribution in [3.63, 3.8) is 0 Å². The number of benzene rings is 1. The smallest absolute Gasteiger partial charge is 0.163 e. The standard InChI is InChI=1S/C15H15BrClN3/c1-18-14-11-4-2-3-5-13(11)19-15(20-14)10-7-6-9(16)8-12(10)17/h6-8H,2-5H2,1H3,(H,18,19,20). The largest absolute Gasteiger partial charge is 0.373 e. The molecule has 5 heteroatoms. The van der Waals surface area contributed by atoms with Gasteiger partial charge in [0.2, 0.25) is 0 Å². The number of hydrogen-bond donors (Lipinski definition) is 1. The third-order valence-electron chi connectivity index (χ3n) is 3.59. The van der Waals surface area contributed by atoms with E-state index in [1.807, 2.05) is 25.2 Å². The Morgan fingerprint density at radius 3 is 2.75 bits per heavy atom. The van der Waals surface area contributed by atoms with Crippen LogP contribution in [0.1, 0.15) is 24.1 Å². The minimum absolute atomic E-state index is 0.664. The van der Waals surface area contributed by atoms with Crippen LogP contribution in [0.5, 0.6) is 0 Å². The quantitative estimate of drug-likeness (QED) is 0.866. The predicted octanol–water partition coefficient (Wildman–Crippen LogP) is 4.48. The second kappa shape index (κ2) is 5.70. The molecule has 1 aromatic heterocycles. The van der Waals surface area contributed by atoms with E-state index in [2.05, 4.69) is 26.2 Å². The highest BCUT2D eigenvalue weighted by Gasteiger charge is 2.18. The van der Waals surface area contributed by atoms with Crippen LogP contribution in [0.15, 0.2) is 22.7 Å². The zero-order valence-corrected chi connectivity index (χ0v) is 13.6. The van der Waals surface area contributed by atoms with Gasteiger partial charge in [-0.15, -0.1) is 0 Å². The van der Waals surface area contributed by atoms with Crippen LogP contribution in [-0.4, -0.2) is 17.0 Å². The predicted molar refractivity (Wildman–Crippen MR) is 86.4 cm³/mol. The minimum Gasteiger partial charge on any atom is -0.373 e. The van der Waals surface area contributed by atoms with E-state index in [0.29, 0.717) is 10.8 Å². The summed E-state index contributed by atoms with van der Waals surface area (Å²) in [5.41, 5.74) is 3.29. The summed E-state index contributed by atoms with van der Waals surface area (Å²) in [7, 11) is 1.91. The van der Waals surface area contributed by atoms with Gasteiger partial charge in [0.05, 0.1) is 5.02 Å². The van der Waals surface area contributed by atoms with Crippen LogP contribution in [0.25, 0.3) is 11.4 Å². The van der Waals surface area contributed by atoms with Crippen molar-refractivity contribution in [1.82, 2.24) is 9.97 Å². The molecule has 0 unspecified atom stereocenters. The summed E-state index contributed by atoms with van der Waals surface area (Å²) in [6.07, 6.45) is 4.48. The number of aryl methyl sites for hydroxylation is 1. The van der Waals surface area contributed by atoms with Crippen molar-refractivity contribution in [2.75, 3.05) is 12.4 Å². The van der Waals surface area contributed by atoms with E-state index in [9.17, 15) is 0 Å². The van der Waals surface area contributed by atoms with Crippen molar-refractivity contribution in [3.8, 4) is 11.4 Å². The minimum atomic E-state index is 0.664. The molecule has 2 aromatic rings. The molecule has 0 spiro atoms. The second-order valence-corrected chi connectivity index (χ2v) is 6.23. The number of halogens is 2. The van der Waals surface area contributed by atoms with Crippen molar-refractivity contribution in [3.05, 3.63) is 39.0 Å². The molecule has 0 aliphatic heterocycles. The van der Waals surface area contributed by atoms with E-state index in [0.717, 1.165) is 34.4 Å². The van der Waals surface area contributed by atoms with Crippen LogP contribution in [0.2, 0.25) is 5.02 Å². The summed E-state index contributed by atoms with van der Waals surface area (Å²) in [4.78, 5) is 9.38. The van der Waals surface area contributed by atoms with Gasteiger partial charge in [0, 0.05) is 28.3 Å². The fraction of sp³-hybridized carbons (Fsp3) is 0.333. The Kier molecular flexibility index (Phi) is 3.94. The zero-order chi connectivity index (χ0) is 14.1. The van der Waals surface area contributed by atoms with Gasteiger partial charge < -0.3 is 5.32 Å². The van der Waals surface area contributed by atoms with Crippen molar-refractivity contribution in [2.24, 2.45) is 0 Å². The lowest BCUT2D eigenvalue weighted by molar-refractivity contribution is 0.665. The molecule has 1 aromatic carbocycles. The average molecular weight is 353 g/mol. The Bertz CT molecular complexity index is 641. The number of hydrogen-bond acceptors (Lipinski definition) is 3. The molecule has 20 heavy (non-hydrogen) atoms. The molecule has 0 saturated heterocycles. The van der Waals surface area contributed by atoms with Gasteiger partial charge in [-0.05, 0) is 43.9 Å². The topological polar surface area (TPSA) is 37.8 Å². The summed E-state index contributed by atoms with van der Waals surface area (Å²) < 4.78 is 0.957. The Morgan fingerprint density at radius 1 is 1.20 bits per heavy atom. The zero-order valence-electron chi connectivity index (χ0n) is 11.2. The van der Waals surface area contributed by atoms with Crippen LogP contribution in [0.3, 0.4) is 0 Å². The van der Waals surface area contributed by atoms with Crippen LogP contribution < -0.4 is 5.32 Å². The Labute approximate surface area is 131 Å². The molecular formula is C15H15BrClN3. The SMILES string of the molecule is CNc1nc(-c2ccc(Br)cc2Cl)nc2c1CCCC2. The van der Waals surface area contributed by atoms with Crippen LogP contribution in [-0.2, 0) is 12.8 Å². The summed E-state index contributed by atoms with van der Waals surface area (Å²) in [6.45, 7) is 0. The Balaban J connectivity index is 2.14. The van der Waals surface area contributed by atoms with Gasteiger partial charge in [-0.25, -0.2) is 9.97 Å². The van der Waals surface area contributed by atoms with Gasteiger partial charge in [-0.2, -0.15) is 0 Å². The third kappa shape index (κ3) is 2.54. The number of anilines is 1. The third-order valence-corrected chi connectivity index (χ3v) is 4.40. The molecule has 0 bridgehead atoms. The molecule has 1 heterocycles. The van der Waals surface area contributed by atoms with Gasteiger partial charge in [0.1, 0.15) is 5.82 Å². The molecule has 0 atom stereocenters. The summed E-state index contributed by atoms with van der Waals surface area (Å²) in [6, 6.07) is 5.79. The highest BCUT2D eigenvalue weighted by Crippen LogP contribution is 2.32.